The summed E-state index contributed by atoms with van der Waals surface area (Å²) in [5.41, 5.74) is 0. The van der Waals surface area contributed by atoms with Gasteiger partial charge in [-0.2, -0.15) is 13.2 Å². The maximum absolute atomic E-state index is 14.0. The summed E-state index contributed by atoms with van der Waals surface area (Å²) >= 11 is 0. The van der Waals surface area contributed by atoms with E-state index in [1.807, 2.05) is 36.4 Å². The average Bonchev–Trinajstić information content (AvgIpc) is 2.64. The minimum atomic E-state index is -4.22. The van der Waals surface area contributed by atoms with Gasteiger partial charge in [0.1, 0.15) is 0 Å². The van der Waals surface area contributed by atoms with Gasteiger partial charge in [-0.3, -0.25) is 0 Å². The number of hydrogen-bond acceptors (Lipinski definition) is 1. The first kappa shape index (κ1) is 20.0. The molecular formula is C21H20F3OP. The quantitative estimate of drug-likeness (QED) is 0.331. The minimum absolute atomic E-state index is 0.251. The van der Waals surface area contributed by atoms with Gasteiger partial charge in [-0.1, -0.05) is 91.5 Å². The van der Waals surface area contributed by atoms with Crippen molar-refractivity contribution in [1.82, 2.24) is 0 Å². The molecule has 0 aliphatic heterocycles. The topological polar surface area (TPSA) is 17.1 Å². The van der Waals surface area contributed by atoms with Crippen molar-refractivity contribution in [2.75, 3.05) is 0 Å². The van der Waals surface area contributed by atoms with Crippen LogP contribution < -0.4 is 10.6 Å². The normalized spacial score (nSPS) is 13.1. The second-order valence-electron chi connectivity index (χ2n) is 5.64. The molecule has 0 aliphatic carbocycles. The van der Waals surface area contributed by atoms with Gasteiger partial charge in [0.15, 0.2) is 7.14 Å². The molecule has 0 saturated heterocycles. The summed E-state index contributed by atoms with van der Waals surface area (Å²) in [6.45, 7) is 3.77. The molecule has 0 spiro atoms. The van der Waals surface area contributed by atoms with Crippen LogP contribution in [0.5, 0.6) is 0 Å². The fraction of sp³-hybridized carbons (Fsp3) is 0.143. The molecule has 0 atom stereocenters. The molecule has 2 aromatic carbocycles. The first-order valence-electron chi connectivity index (χ1n) is 8.14. The van der Waals surface area contributed by atoms with Crippen LogP contribution in [-0.4, -0.2) is 6.18 Å². The number of alkyl halides is 3. The van der Waals surface area contributed by atoms with Gasteiger partial charge in [-0.15, -0.1) is 0 Å². The van der Waals surface area contributed by atoms with E-state index in [4.69, 9.17) is 0 Å². The average molecular weight is 376 g/mol. The van der Waals surface area contributed by atoms with Gasteiger partial charge in [0.05, 0.1) is 6.42 Å². The second kappa shape index (κ2) is 8.86. The number of hydrogen-bond donors (Lipinski definition) is 0. The van der Waals surface area contributed by atoms with Crippen molar-refractivity contribution >= 4 is 17.8 Å². The first-order valence-corrected chi connectivity index (χ1v) is 9.85. The van der Waals surface area contributed by atoms with Crippen LogP contribution >= 0.6 is 7.14 Å². The van der Waals surface area contributed by atoms with E-state index in [9.17, 15) is 17.7 Å². The maximum atomic E-state index is 14.0. The Morgan fingerprint density at radius 3 is 1.85 bits per heavy atom. The van der Waals surface area contributed by atoms with E-state index in [0.717, 1.165) is 6.08 Å². The van der Waals surface area contributed by atoms with Gasteiger partial charge in [-0.05, 0) is 6.42 Å². The lowest BCUT2D eigenvalue weighted by atomic mass is 10.3. The molecular weight excluding hydrogens is 356 g/mol. The Hall–Kier alpha value is -2.32. The van der Waals surface area contributed by atoms with E-state index in [1.165, 1.54) is 12.2 Å². The third kappa shape index (κ3) is 5.09. The van der Waals surface area contributed by atoms with Gasteiger partial charge in [0.25, 0.3) is 0 Å². The molecule has 0 radical (unpaired) electrons. The lowest BCUT2D eigenvalue weighted by molar-refractivity contribution is -0.125. The predicted octanol–water partition coefficient (Wildman–Crippen LogP) is 5.97. The lowest BCUT2D eigenvalue weighted by Crippen LogP contribution is -2.16. The Morgan fingerprint density at radius 1 is 0.923 bits per heavy atom. The second-order valence-corrected chi connectivity index (χ2v) is 8.41. The number of halogens is 3. The van der Waals surface area contributed by atoms with Crippen LogP contribution in [0.25, 0.3) is 0 Å². The molecule has 0 aliphatic rings. The van der Waals surface area contributed by atoms with Gasteiger partial charge in [0.2, 0.25) is 0 Å². The van der Waals surface area contributed by atoms with Crippen molar-refractivity contribution in [2.24, 2.45) is 0 Å². The summed E-state index contributed by atoms with van der Waals surface area (Å²) in [7, 11) is -3.13. The van der Waals surface area contributed by atoms with Crippen LogP contribution in [-0.2, 0) is 4.57 Å². The van der Waals surface area contributed by atoms with E-state index in [1.54, 1.807) is 30.3 Å². The van der Waals surface area contributed by atoms with Crippen LogP contribution in [0, 0.1) is 0 Å². The lowest BCUT2D eigenvalue weighted by Gasteiger charge is -2.20. The smallest absolute Gasteiger partial charge is 0.309 e. The molecule has 0 saturated carbocycles. The zero-order chi connectivity index (χ0) is 19.0. The molecule has 0 aromatic heterocycles. The highest BCUT2D eigenvalue weighted by Gasteiger charge is 2.29. The fourth-order valence-corrected chi connectivity index (χ4v) is 5.26. The molecule has 0 heterocycles. The summed E-state index contributed by atoms with van der Waals surface area (Å²) in [4.78, 5) is 0. The van der Waals surface area contributed by atoms with Crippen molar-refractivity contribution in [2.45, 2.75) is 19.0 Å². The standard InChI is InChI=1S/C21H20F3OP/c1-2-18(12-10-5-11-17-21(22,23)24)26(25,19-13-6-3-7-14-19)20-15-8-4-9-16-20/h2-9,11-16H,1,10,17H2/b11-5-,18-12-. The van der Waals surface area contributed by atoms with Gasteiger partial charge >= 0.3 is 6.18 Å². The summed E-state index contributed by atoms with van der Waals surface area (Å²) in [6.07, 6.45) is 0.773. The molecule has 2 rings (SSSR count). The molecule has 0 unspecified atom stereocenters. The largest absolute Gasteiger partial charge is 0.392 e. The Balaban J connectivity index is 2.39. The predicted molar refractivity (Wildman–Crippen MR) is 102 cm³/mol. The highest BCUT2D eigenvalue weighted by molar-refractivity contribution is 7.82. The van der Waals surface area contributed by atoms with Gasteiger partial charge in [-0.25, -0.2) is 0 Å². The Bertz CT molecular complexity index is 778. The molecule has 0 fully saturated rings. The molecule has 0 N–H and O–H groups in total. The van der Waals surface area contributed by atoms with Crippen molar-refractivity contribution in [3.05, 3.63) is 96.9 Å². The van der Waals surface area contributed by atoms with E-state index in [2.05, 4.69) is 6.58 Å². The van der Waals surface area contributed by atoms with Crippen molar-refractivity contribution < 1.29 is 17.7 Å². The molecule has 0 amide bonds. The van der Waals surface area contributed by atoms with Crippen LogP contribution in [0.15, 0.2) is 96.9 Å². The Labute approximate surface area is 151 Å². The van der Waals surface area contributed by atoms with Gasteiger partial charge < -0.3 is 4.57 Å². The third-order valence-corrected chi connectivity index (χ3v) is 6.93. The molecule has 136 valence electrons. The molecule has 26 heavy (non-hydrogen) atoms. The summed E-state index contributed by atoms with van der Waals surface area (Å²) in [5.74, 6) is 0. The van der Waals surface area contributed by atoms with Crippen LogP contribution in [0.3, 0.4) is 0 Å². The fourth-order valence-electron chi connectivity index (χ4n) is 2.57. The molecule has 5 heteroatoms. The SMILES string of the molecule is C=C/C(=C/C/C=C\CC(F)(F)F)P(=O)(c1ccccc1)c1ccccc1. The number of allylic oxidation sites excluding steroid dienone is 5. The first-order chi connectivity index (χ1) is 12.4. The van der Waals surface area contributed by atoms with Crippen molar-refractivity contribution in [3.8, 4) is 0 Å². The molecule has 1 nitrogen and oxygen atoms in total. The van der Waals surface area contributed by atoms with Crippen LogP contribution in [0.2, 0.25) is 0 Å². The van der Waals surface area contributed by atoms with E-state index in [0.29, 0.717) is 15.9 Å². The summed E-state index contributed by atoms with van der Waals surface area (Å²) in [5, 5.41) is 1.85. The molecule has 2 aromatic rings. The number of rotatable bonds is 7. The summed E-state index contributed by atoms with van der Waals surface area (Å²) < 4.78 is 50.7. The number of benzene rings is 2. The van der Waals surface area contributed by atoms with E-state index >= 15 is 0 Å². The third-order valence-electron chi connectivity index (χ3n) is 3.79. The maximum Gasteiger partial charge on any atom is 0.392 e. The van der Waals surface area contributed by atoms with Gasteiger partial charge in [0, 0.05) is 15.9 Å². The van der Waals surface area contributed by atoms with Crippen LogP contribution in [0.1, 0.15) is 12.8 Å². The minimum Gasteiger partial charge on any atom is -0.309 e. The summed E-state index contributed by atoms with van der Waals surface area (Å²) in [6, 6.07) is 18.1. The highest BCUT2D eigenvalue weighted by Crippen LogP contribution is 2.52. The highest BCUT2D eigenvalue weighted by atomic mass is 31.2. The van der Waals surface area contributed by atoms with Crippen molar-refractivity contribution in [1.29, 1.82) is 0 Å². The molecule has 0 bridgehead atoms. The monoisotopic (exact) mass is 376 g/mol. The Morgan fingerprint density at radius 2 is 1.42 bits per heavy atom. The Kier molecular flexibility index (Phi) is 6.82. The zero-order valence-corrected chi connectivity index (χ0v) is 15.1. The van der Waals surface area contributed by atoms with E-state index < -0.39 is 19.7 Å². The van der Waals surface area contributed by atoms with Crippen LogP contribution in [0.4, 0.5) is 13.2 Å². The zero-order valence-electron chi connectivity index (χ0n) is 14.2. The van der Waals surface area contributed by atoms with Crippen molar-refractivity contribution in [3.63, 3.8) is 0 Å². The van der Waals surface area contributed by atoms with E-state index in [-0.39, 0.29) is 6.42 Å².